The first-order valence-electron chi connectivity index (χ1n) is 8.96. The summed E-state index contributed by atoms with van der Waals surface area (Å²) in [5.74, 6) is 0.839. The van der Waals surface area contributed by atoms with Gasteiger partial charge in [-0.3, -0.25) is 19.1 Å². The first-order chi connectivity index (χ1) is 13.4. The minimum absolute atomic E-state index is 0. The lowest BCUT2D eigenvalue weighted by molar-refractivity contribution is 0.100. The van der Waals surface area contributed by atoms with Crippen LogP contribution >= 0.6 is 0 Å². The van der Waals surface area contributed by atoms with Gasteiger partial charge in [-0.2, -0.15) is 0 Å². The third kappa shape index (κ3) is 4.62. The topological polar surface area (TPSA) is 86.1 Å². The number of ether oxygens (including phenoxy) is 1. The van der Waals surface area contributed by atoms with Gasteiger partial charge in [-0.05, 0) is 38.1 Å². The van der Waals surface area contributed by atoms with Gasteiger partial charge in [-0.25, -0.2) is 4.98 Å². The van der Waals surface area contributed by atoms with Gasteiger partial charge in [0.05, 0.1) is 18.3 Å². The van der Waals surface area contributed by atoms with E-state index in [4.69, 9.17) is 4.74 Å². The predicted molar refractivity (Wildman–Crippen MR) is 110 cm³/mol. The van der Waals surface area contributed by atoms with Crippen molar-refractivity contribution in [3.05, 3.63) is 70.8 Å². The number of carbonyl (C=O) groups excluding carboxylic acids is 1. The van der Waals surface area contributed by atoms with E-state index in [0.29, 0.717) is 23.0 Å². The minimum Gasteiger partial charge on any atom is -0.491 e. The number of ketones is 1. The molecule has 28 heavy (non-hydrogen) atoms. The van der Waals surface area contributed by atoms with Crippen molar-refractivity contribution in [3.8, 4) is 17.0 Å². The molecule has 2 heterocycles. The lowest BCUT2D eigenvalue weighted by atomic mass is 10.1. The summed E-state index contributed by atoms with van der Waals surface area (Å²) in [6.07, 6.45) is 3.30. The summed E-state index contributed by atoms with van der Waals surface area (Å²) in [7, 11) is 1.61. The van der Waals surface area contributed by atoms with Crippen molar-refractivity contribution in [2.45, 2.75) is 20.0 Å². The van der Waals surface area contributed by atoms with Gasteiger partial charge in [0.15, 0.2) is 5.78 Å². The Bertz CT molecular complexity index is 1040. The van der Waals surface area contributed by atoms with E-state index in [1.807, 2.05) is 19.9 Å². The highest BCUT2D eigenvalue weighted by atomic mass is 16.5. The van der Waals surface area contributed by atoms with Crippen molar-refractivity contribution in [1.82, 2.24) is 14.5 Å². The fourth-order valence-corrected chi connectivity index (χ4v) is 2.64. The number of aromatic nitrogens is 3. The summed E-state index contributed by atoms with van der Waals surface area (Å²) in [6.45, 7) is 3.86. The van der Waals surface area contributed by atoms with E-state index in [9.17, 15) is 9.59 Å². The van der Waals surface area contributed by atoms with Gasteiger partial charge in [0.2, 0.25) is 5.95 Å². The van der Waals surface area contributed by atoms with Crippen molar-refractivity contribution in [1.29, 1.82) is 0 Å². The molecule has 0 unspecified atom stereocenters. The summed E-state index contributed by atoms with van der Waals surface area (Å²) < 4.78 is 7.00. The van der Waals surface area contributed by atoms with Crippen LogP contribution in [0.25, 0.3) is 11.3 Å². The first kappa shape index (κ1) is 19.3. The number of carbonyl (C=O) groups is 1. The number of pyridine rings is 1. The molecule has 0 radical (unpaired) electrons. The summed E-state index contributed by atoms with van der Waals surface area (Å²) in [4.78, 5) is 33.3. The van der Waals surface area contributed by atoms with Crippen LogP contribution in [0, 0.1) is 0 Å². The molecule has 0 aliphatic carbocycles. The zero-order valence-electron chi connectivity index (χ0n) is 16.0. The third-order valence-corrected chi connectivity index (χ3v) is 4.05. The quantitative estimate of drug-likeness (QED) is 0.634. The van der Waals surface area contributed by atoms with Gasteiger partial charge in [-0.1, -0.05) is 12.1 Å². The molecule has 0 saturated heterocycles. The van der Waals surface area contributed by atoms with Crippen molar-refractivity contribution >= 4 is 11.7 Å². The molecule has 0 bridgehead atoms. The SMILES string of the molecule is CC(C)Oc1cccc(C(=O)CNc2nc(-c3ccncc3)cc(=O)n2C)c1.[HH]. The van der Waals surface area contributed by atoms with E-state index < -0.39 is 0 Å². The predicted octanol–water partition coefficient (Wildman–Crippen LogP) is 3.17. The molecule has 0 atom stereocenters. The van der Waals surface area contributed by atoms with Crippen LogP contribution in [0.3, 0.4) is 0 Å². The molecule has 0 aliphatic heterocycles. The molecule has 7 heteroatoms. The minimum atomic E-state index is -0.218. The summed E-state index contributed by atoms with van der Waals surface area (Å²) >= 11 is 0. The van der Waals surface area contributed by atoms with Crippen LogP contribution in [-0.4, -0.2) is 33.0 Å². The molecule has 2 aromatic heterocycles. The second-order valence-corrected chi connectivity index (χ2v) is 6.57. The molecule has 0 fully saturated rings. The third-order valence-electron chi connectivity index (χ3n) is 4.05. The standard InChI is InChI=1S/C21H22N4O3.H2/c1-14(2)28-17-6-4-5-16(11-17)19(26)13-23-21-24-18(12-20(27)25(21)3)15-7-9-22-10-8-15;/h4-12,14H,13H2,1-3H3,(H,23,24);1H. The second-order valence-electron chi connectivity index (χ2n) is 6.57. The van der Waals surface area contributed by atoms with E-state index >= 15 is 0 Å². The van der Waals surface area contributed by atoms with Gasteiger partial charge in [-0.15, -0.1) is 0 Å². The van der Waals surface area contributed by atoms with Crippen LogP contribution in [-0.2, 0) is 7.05 Å². The maximum absolute atomic E-state index is 12.6. The van der Waals surface area contributed by atoms with E-state index in [-0.39, 0.29) is 25.4 Å². The molecule has 7 nitrogen and oxygen atoms in total. The molecular formula is C21H24N4O3. The lowest BCUT2D eigenvalue weighted by Crippen LogP contribution is -2.24. The van der Waals surface area contributed by atoms with Crippen LogP contribution < -0.4 is 15.6 Å². The molecule has 3 rings (SSSR count). The molecular weight excluding hydrogens is 356 g/mol. The Morgan fingerprint density at radius 2 is 1.96 bits per heavy atom. The lowest BCUT2D eigenvalue weighted by Gasteiger charge is -2.12. The van der Waals surface area contributed by atoms with Crippen LogP contribution in [0.1, 0.15) is 25.6 Å². The number of hydrogen-bond acceptors (Lipinski definition) is 6. The smallest absolute Gasteiger partial charge is 0.255 e. The normalized spacial score (nSPS) is 10.7. The maximum Gasteiger partial charge on any atom is 0.255 e. The summed E-state index contributed by atoms with van der Waals surface area (Å²) in [5, 5.41) is 2.97. The van der Waals surface area contributed by atoms with Gasteiger partial charge in [0.1, 0.15) is 5.75 Å². The molecule has 146 valence electrons. The molecule has 1 aromatic carbocycles. The Morgan fingerprint density at radius 1 is 1.21 bits per heavy atom. The zero-order valence-corrected chi connectivity index (χ0v) is 16.0. The summed E-state index contributed by atoms with van der Waals surface area (Å²) in [6, 6.07) is 12.0. The Hall–Kier alpha value is -3.48. The van der Waals surface area contributed by atoms with Gasteiger partial charge in [0, 0.05) is 38.1 Å². The number of Topliss-reactive ketones (excluding diaryl/α,β-unsaturated/α-hetero) is 1. The molecule has 0 aliphatic rings. The fraction of sp³-hybridized carbons (Fsp3) is 0.238. The van der Waals surface area contributed by atoms with Crippen molar-refractivity contribution in [2.24, 2.45) is 7.05 Å². The average molecular weight is 380 g/mol. The van der Waals surface area contributed by atoms with Gasteiger partial charge < -0.3 is 10.1 Å². The Balaban J connectivity index is 0.00000300. The zero-order chi connectivity index (χ0) is 20.1. The highest BCUT2D eigenvalue weighted by Gasteiger charge is 2.11. The van der Waals surface area contributed by atoms with E-state index in [2.05, 4.69) is 15.3 Å². The highest BCUT2D eigenvalue weighted by molar-refractivity contribution is 5.99. The number of nitrogens with zero attached hydrogens (tertiary/aromatic N) is 3. The average Bonchev–Trinajstić information content (AvgIpc) is 2.69. The van der Waals surface area contributed by atoms with E-state index in [1.165, 1.54) is 10.6 Å². The second kappa shape index (κ2) is 8.47. The fourth-order valence-electron chi connectivity index (χ4n) is 2.64. The van der Waals surface area contributed by atoms with Gasteiger partial charge in [0.25, 0.3) is 5.56 Å². The highest BCUT2D eigenvalue weighted by Crippen LogP contribution is 2.17. The van der Waals surface area contributed by atoms with Gasteiger partial charge >= 0.3 is 0 Å². The van der Waals surface area contributed by atoms with Crippen LogP contribution in [0.5, 0.6) is 5.75 Å². The number of hydrogen-bond donors (Lipinski definition) is 1. The van der Waals surface area contributed by atoms with E-state index in [1.54, 1.807) is 49.8 Å². The molecule has 0 saturated carbocycles. The Labute approximate surface area is 164 Å². The number of benzene rings is 1. The Kier molecular flexibility index (Phi) is 5.84. The number of nitrogens with one attached hydrogen (secondary N) is 1. The molecule has 0 amide bonds. The largest absolute Gasteiger partial charge is 0.491 e. The van der Waals surface area contributed by atoms with Crippen molar-refractivity contribution in [2.75, 3.05) is 11.9 Å². The molecule has 0 spiro atoms. The molecule has 1 N–H and O–H groups in total. The van der Waals surface area contributed by atoms with E-state index in [0.717, 1.165) is 5.56 Å². The Morgan fingerprint density at radius 3 is 2.68 bits per heavy atom. The number of anilines is 1. The van der Waals surface area contributed by atoms with Crippen molar-refractivity contribution < 1.29 is 11.0 Å². The first-order valence-corrected chi connectivity index (χ1v) is 8.96. The van der Waals surface area contributed by atoms with Crippen LogP contribution in [0.15, 0.2) is 59.7 Å². The monoisotopic (exact) mass is 380 g/mol. The van der Waals surface area contributed by atoms with Crippen LogP contribution in [0.2, 0.25) is 0 Å². The van der Waals surface area contributed by atoms with Crippen LogP contribution in [0.4, 0.5) is 5.95 Å². The number of rotatable bonds is 7. The maximum atomic E-state index is 12.6. The molecule has 3 aromatic rings. The summed E-state index contributed by atoms with van der Waals surface area (Å²) in [5.41, 5.74) is 1.61. The van der Waals surface area contributed by atoms with Crippen molar-refractivity contribution in [3.63, 3.8) is 0 Å².